The van der Waals surface area contributed by atoms with E-state index in [9.17, 15) is 4.79 Å². The van der Waals surface area contributed by atoms with E-state index < -0.39 is 0 Å². The van der Waals surface area contributed by atoms with Gasteiger partial charge in [-0.25, -0.2) is 0 Å². The van der Waals surface area contributed by atoms with Gasteiger partial charge in [0.25, 0.3) is 5.91 Å². The molecular formula is C21H19NO3. The van der Waals surface area contributed by atoms with Crippen molar-refractivity contribution in [2.24, 2.45) is 0 Å². The van der Waals surface area contributed by atoms with Crippen molar-refractivity contribution in [2.45, 2.75) is 25.9 Å². The van der Waals surface area contributed by atoms with Gasteiger partial charge in [-0.3, -0.25) is 4.79 Å². The zero-order chi connectivity index (χ0) is 17.1. The molecule has 0 saturated carbocycles. The topological polar surface area (TPSA) is 51.5 Å². The number of para-hydroxylation sites is 1. The first-order chi connectivity index (χ1) is 12.3. The molecule has 0 fully saturated rings. The highest BCUT2D eigenvalue weighted by molar-refractivity contribution is 6.02. The quantitative estimate of drug-likeness (QED) is 0.742. The van der Waals surface area contributed by atoms with Crippen LogP contribution in [-0.2, 0) is 19.4 Å². The van der Waals surface area contributed by atoms with Crippen LogP contribution in [0.2, 0.25) is 0 Å². The number of aryl methyl sites for hydroxylation is 2. The Morgan fingerprint density at radius 2 is 1.84 bits per heavy atom. The smallest absolute Gasteiger partial charge is 0.291 e. The zero-order valence-electron chi connectivity index (χ0n) is 13.8. The summed E-state index contributed by atoms with van der Waals surface area (Å²) in [5.41, 5.74) is 3.53. The summed E-state index contributed by atoms with van der Waals surface area (Å²) < 4.78 is 11.4. The second kappa shape index (κ2) is 6.85. The maximum atomic E-state index is 12.2. The van der Waals surface area contributed by atoms with Crippen molar-refractivity contribution in [3.05, 3.63) is 83.3 Å². The molecule has 4 rings (SSSR count). The number of hydrogen-bond donors (Lipinski definition) is 1. The highest BCUT2D eigenvalue weighted by Gasteiger charge is 2.13. The Balaban J connectivity index is 1.37. The first kappa shape index (κ1) is 15.5. The van der Waals surface area contributed by atoms with Gasteiger partial charge in [0, 0.05) is 5.69 Å². The first-order valence-corrected chi connectivity index (χ1v) is 8.48. The highest BCUT2D eigenvalue weighted by atomic mass is 16.5. The molecule has 3 aromatic rings. The van der Waals surface area contributed by atoms with Gasteiger partial charge in [-0.2, -0.15) is 0 Å². The summed E-state index contributed by atoms with van der Waals surface area (Å²) >= 11 is 0. The van der Waals surface area contributed by atoms with Gasteiger partial charge in [0.15, 0.2) is 5.76 Å². The molecule has 0 radical (unpaired) electrons. The molecular weight excluding hydrogens is 314 g/mol. The van der Waals surface area contributed by atoms with Crippen LogP contribution in [0.5, 0.6) is 5.75 Å². The average Bonchev–Trinajstić information content (AvgIpc) is 3.29. The Morgan fingerprint density at radius 3 is 2.72 bits per heavy atom. The highest BCUT2D eigenvalue weighted by Crippen LogP contribution is 2.26. The number of furan rings is 1. The summed E-state index contributed by atoms with van der Waals surface area (Å²) in [4.78, 5) is 12.2. The standard InChI is InChI=1S/C21H19NO3/c23-21(22-17-7-2-1-3-8-17)20-12-11-19(25-20)14-24-18-10-9-15-5-4-6-16(15)13-18/h1-3,7-13H,4-6,14H2,(H,22,23). The van der Waals surface area contributed by atoms with E-state index in [1.54, 1.807) is 12.1 Å². The van der Waals surface area contributed by atoms with Crippen LogP contribution >= 0.6 is 0 Å². The number of benzene rings is 2. The number of anilines is 1. The average molecular weight is 333 g/mol. The predicted octanol–water partition coefficient (Wildman–Crippen LogP) is 4.60. The van der Waals surface area contributed by atoms with Gasteiger partial charge in [0.2, 0.25) is 0 Å². The van der Waals surface area contributed by atoms with E-state index in [1.165, 1.54) is 17.5 Å². The third-order valence-corrected chi connectivity index (χ3v) is 4.37. The van der Waals surface area contributed by atoms with Crippen molar-refractivity contribution in [3.8, 4) is 5.75 Å². The lowest BCUT2D eigenvalue weighted by molar-refractivity contribution is 0.0992. The molecule has 1 amide bonds. The lowest BCUT2D eigenvalue weighted by Crippen LogP contribution is -2.10. The van der Waals surface area contributed by atoms with Gasteiger partial charge in [0.05, 0.1) is 0 Å². The molecule has 126 valence electrons. The number of rotatable bonds is 5. The van der Waals surface area contributed by atoms with Crippen LogP contribution in [0.15, 0.2) is 65.1 Å². The molecule has 0 saturated heterocycles. The summed E-state index contributed by atoms with van der Waals surface area (Å²) in [7, 11) is 0. The number of nitrogens with one attached hydrogen (secondary N) is 1. The van der Waals surface area contributed by atoms with Crippen LogP contribution < -0.4 is 10.1 Å². The minimum absolute atomic E-state index is 0.269. The second-order valence-corrected chi connectivity index (χ2v) is 6.16. The number of amides is 1. The van der Waals surface area contributed by atoms with E-state index >= 15 is 0 Å². The third-order valence-electron chi connectivity index (χ3n) is 4.37. The molecule has 0 bridgehead atoms. The van der Waals surface area contributed by atoms with Gasteiger partial charge in [-0.05, 0) is 66.8 Å². The van der Waals surface area contributed by atoms with E-state index in [0.29, 0.717) is 12.4 Å². The number of carbonyl (C=O) groups is 1. The van der Waals surface area contributed by atoms with Crippen molar-refractivity contribution in [2.75, 3.05) is 5.32 Å². The summed E-state index contributed by atoms with van der Waals surface area (Å²) in [5, 5.41) is 2.80. The summed E-state index contributed by atoms with van der Waals surface area (Å²) in [6.07, 6.45) is 3.50. The Hall–Kier alpha value is -3.01. The molecule has 4 heteroatoms. The fraction of sp³-hybridized carbons (Fsp3) is 0.190. The summed E-state index contributed by atoms with van der Waals surface area (Å²) in [5.74, 6) is 1.47. The van der Waals surface area contributed by atoms with Crippen LogP contribution in [0.25, 0.3) is 0 Å². The van der Waals surface area contributed by atoms with Crippen molar-refractivity contribution in [1.82, 2.24) is 0 Å². The Morgan fingerprint density at radius 1 is 1.00 bits per heavy atom. The number of hydrogen-bond acceptors (Lipinski definition) is 3. The van der Waals surface area contributed by atoms with E-state index in [1.807, 2.05) is 36.4 Å². The van der Waals surface area contributed by atoms with Crippen molar-refractivity contribution in [3.63, 3.8) is 0 Å². The fourth-order valence-electron chi connectivity index (χ4n) is 3.08. The van der Waals surface area contributed by atoms with E-state index in [0.717, 1.165) is 24.3 Å². The first-order valence-electron chi connectivity index (χ1n) is 8.48. The molecule has 1 N–H and O–H groups in total. The van der Waals surface area contributed by atoms with Crippen LogP contribution in [-0.4, -0.2) is 5.91 Å². The maximum Gasteiger partial charge on any atom is 0.291 e. The number of carbonyl (C=O) groups excluding carboxylic acids is 1. The van der Waals surface area contributed by atoms with Crippen molar-refractivity contribution >= 4 is 11.6 Å². The number of ether oxygens (including phenoxy) is 1. The van der Waals surface area contributed by atoms with Crippen LogP contribution in [0, 0.1) is 0 Å². The Kier molecular flexibility index (Phi) is 4.25. The molecule has 2 aromatic carbocycles. The Bertz CT molecular complexity index is 883. The molecule has 1 aliphatic carbocycles. The maximum absolute atomic E-state index is 12.2. The molecule has 4 nitrogen and oxygen atoms in total. The molecule has 1 heterocycles. The summed E-state index contributed by atoms with van der Waals surface area (Å²) in [6, 6.07) is 19.0. The minimum atomic E-state index is -0.269. The van der Waals surface area contributed by atoms with Gasteiger partial charge >= 0.3 is 0 Å². The monoisotopic (exact) mass is 333 g/mol. The molecule has 0 aliphatic heterocycles. The lowest BCUT2D eigenvalue weighted by atomic mass is 10.1. The normalized spacial score (nSPS) is 12.6. The number of fused-ring (bicyclic) bond motifs is 1. The Labute approximate surface area is 146 Å². The van der Waals surface area contributed by atoms with Crippen LogP contribution in [0.4, 0.5) is 5.69 Å². The van der Waals surface area contributed by atoms with E-state index in [2.05, 4.69) is 17.4 Å². The van der Waals surface area contributed by atoms with Gasteiger partial charge in [-0.1, -0.05) is 24.3 Å². The predicted molar refractivity (Wildman–Crippen MR) is 95.9 cm³/mol. The molecule has 0 spiro atoms. The molecule has 0 atom stereocenters. The minimum Gasteiger partial charge on any atom is -0.486 e. The largest absolute Gasteiger partial charge is 0.486 e. The van der Waals surface area contributed by atoms with E-state index in [4.69, 9.17) is 9.15 Å². The zero-order valence-corrected chi connectivity index (χ0v) is 13.8. The molecule has 1 aliphatic rings. The van der Waals surface area contributed by atoms with Gasteiger partial charge in [0.1, 0.15) is 18.1 Å². The molecule has 1 aromatic heterocycles. The molecule has 25 heavy (non-hydrogen) atoms. The summed E-state index contributed by atoms with van der Waals surface area (Å²) in [6.45, 7) is 0.303. The van der Waals surface area contributed by atoms with Gasteiger partial charge in [-0.15, -0.1) is 0 Å². The molecule has 0 unspecified atom stereocenters. The van der Waals surface area contributed by atoms with Crippen LogP contribution in [0.3, 0.4) is 0 Å². The third kappa shape index (κ3) is 3.58. The van der Waals surface area contributed by atoms with Gasteiger partial charge < -0.3 is 14.5 Å². The SMILES string of the molecule is O=C(Nc1ccccc1)c1ccc(COc2ccc3c(c2)CCC3)o1. The van der Waals surface area contributed by atoms with E-state index in [-0.39, 0.29) is 11.7 Å². The fourth-order valence-corrected chi connectivity index (χ4v) is 3.08. The van der Waals surface area contributed by atoms with Crippen molar-refractivity contribution < 1.29 is 13.9 Å². The van der Waals surface area contributed by atoms with Crippen molar-refractivity contribution in [1.29, 1.82) is 0 Å². The lowest BCUT2D eigenvalue weighted by Gasteiger charge is -2.06. The second-order valence-electron chi connectivity index (χ2n) is 6.16. The van der Waals surface area contributed by atoms with Crippen LogP contribution in [0.1, 0.15) is 33.9 Å².